The normalized spacial score (nSPS) is 9.40. The van der Waals surface area contributed by atoms with E-state index in [9.17, 15) is 0 Å². The standard InChI is InChI=1S/C13H9BrN6/c1-20-13(12(14)8-17-20)9-3-2-4-10(5-9)18-19-11(6-15)7-16/h2-5,8,18H,1H3. The monoisotopic (exact) mass is 328 g/mol. The van der Waals surface area contributed by atoms with Gasteiger partial charge in [-0.1, -0.05) is 12.1 Å². The number of aryl methyl sites for hydroxylation is 1. The average molecular weight is 329 g/mol. The predicted molar refractivity (Wildman–Crippen MR) is 78.6 cm³/mol. The van der Waals surface area contributed by atoms with Gasteiger partial charge in [-0.25, -0.2) is 0 Å². The van der Waals surface area contributed by atoms with Crippen molar-refractivity contribution in [3.63, 3.8) is 0 Å². The van der Waals surface area contributed by atoms with E-state index in [1.807, 2.05) is 25.2 Å². The van der Waals surface area contributed by atoms with Gasteiger partial charge in [0.15, 0.2) is 0 Å². The predicted octanol–water partition coefficient (Wildman–Crippen LogP) is 2.66. The molecule has 0 radical (unpaired) electrons. The number of rotatable bonds is 3. The topological polar surface area (TPSA) is 89.8 Å². The minimum absolute atomic E-state index is 0.225. The zero-order valence-electron chi connectivity index (χ0n) is 10.5. The molecule has 1 aromatic carbocycles. The first-order chi connectivity index (χ1) is 9.65. The fourth-order valence-corrected chi connectivity index (χ4v) is 2.24. The lowest BCUT2D eigenvalue weighted by Crippen LogP contribution is -1.97. The van der Waals surface area contributed by atoms with Crippen LogP contribution in [-0.4, -0.2) is 15.5 Å². The van der Waals surface area contributed by atoms with E-state index in [-0.39, 0.29) is 5.71 Å². The molecular weight excluding hydrogens is 320 g/mol. The molecule has 7 heteroatoms. The van der Waals surface area contributed by atoms with Crippen molar-refractivity contribution in [2.75, 3.05) is 5.43 Å². The Morgan fingerprint density at radius 1 is 1.40 bits per heavy atom. The summed E-state index contributed by atoms with van der Waals surface area (Å²) >= 11 is 3.45. The first kappa shape index (κ1) is 13.8. The Hall–Kier alpha value is -2.64. The van der Waals surface area contributed by atoms with Crippen molar-refractivity contribution >= 4 is 27.3 Å². The lowest BCUT2D eigenvalue weighted by Gasteiger charge is -2.06. The number of anilines is 1. The molecule has 1 N–H and O–H groups in total. The van der Waals surface area contributed by atoms with Gasteiger partial charge in [0.2, 0.25) is 5.71 Å². The third-order valence-corrected chi connectivity index (χ3v) is 3.12. The molecule has 0 fully saturated rings. The number of hydrazone groups is 1. The van der Waals surface area contributed by atoms with E-state index in [0.29, 0.717) is 5.69 Å². The highest BCUT2D eigenvalue weighted by molar-refractivity contribution is 9.10. The summed E-state index contributed by atoms with van der Waals surface area (Å²) in [5.41, 5.74) is 5.01. The lowest BCUT2D eigenvalue weighted by molar-refractivity contribution is 0.776. The van der Waals surface area contributed by atoms with Crippen LogP contribution in [0.5, 0.6) is 0 Å². The minimum Gasteiger partial charge on any atom is -0.276 e. The Morgan fingerprint density at radius 2 is 2.15 bits per heavy atom. The summed E-state index contributed by atoms with van der Waals surface area (Å²) in [5, 5.41) is 25.1. The third-order valence-electron chi connectivity index (χ3n) is 2.54. The Morgan fingerprint density at radius 3 is 2.75 bits per heavy atom. The molecule has 2 aromatic rings. The summed E-state index contributed by atoms with van der Waals surface area (Å²) < 4.78 is 2.64. The van der Waals surface area contributed by atoms with Gasteiger partial charge in [0.1, 0.15) is 12.1 Å². The van der Waals surface area contributed by atoms with Crippen molar-refractivity contribution in [3.05, 3.63) is 34.9 Å². The number of hydrogen-bond acceptors (Lipinski definition) is 5. The number of halogens is 1. The Bertz CT molecular complexity index is 711. The van der Waals surface area contributed by atoms with E-state index in [0.717, 1.165) is 15.7 Å². The fourth-order valence-electron chi connectivity index (χ4n) is 1.67. The van der Waals surface area contributed by atoms with E-state index in [1.165, 1.54) is 0 Å². The summed E-state index contributed by atoms with van der Waals surface area (Å²) in [6, 6.07) is 10.8. The van der Waals surface area contributed by atoms with Crippen LogP contribution in [0.2, 0.25) is 0 Å². The van der Waals surface area contributed by atoms with Gasteiger partial charge in [0.05, 0.1) is 22.1 Å². The largest absolute Gasteiger partial charge is 0.276 e. The van der Waals surface area contributed by atoms with Crippen LogP contribution >= 0.6 is 15.9 Å². The maximum absolute atomic E-state index is 8.62. The number of aromatic nitrogens is 2. The quantitative estimate of drug-likeness (QED) is 0.692. The highest BCUT2D eigenvalue weighted by Gasteiger charge is 2.09. The molecule has 0 bridgehead atoms. The number of hydrogen-bond donors (Lipinski definition) is 1. The van der Waals surface area contributed by atoms with Crippen LogP contribution in [0.4, 0.5) is 5.69 Å². The molecule has 0 atom stereocenters. The Labute approximate surface area is 124 Å². The number of benzene rings is 1. The van der Waals surface area contributed by atoms with Gasteiger partial charge in [0.25, 0.3) is 0 Å². The molecule has 0 spiro atoms. The summed E-state index contributed by atoms with van der Waals surface area (Å²) in [6.45, 7) is 0. The smallest absolute Gasteiger partial charge is 0.237 e. The second kappa shape index (κ2) is 6.00. The van der Waals surface area contributed by atoms with Gasteiger partial charge >= 0.3 is 0 Å². The van der Waals surface area contributed by atoms with Crippen LogP contribution in [-0.2, 0) is 7.05 Å². The second-order valence-electron chi connectivity index (χ2n) is 3.84. The molecule has 0 saturated carbocycles. The van der Waals surface area contributed by atoms with Gasteiger partial charge in [-0.3, -0.25) is 10.1 Å². The molecular formula is C13H9BrN6. The maximum atomic E-state index is 8.62. The van der Waals surface area contributed by atoms with Gasteiger partial charge in [-0.05, 0) is 28.1 Å². The van der Waals surface area contributed by atoms with Crippen LogP contribution in [0.1, 0.15) is 0 Å². The minimum atomic E-state index is -0.225. The second-order valence-corrected chi connectivity index (χ2v) is 4.70. The lowest BCUT2D eigenvalue weighted by atomic mass is 10.1. The van der Waals surface area contributed by atoms with E-state index >= 15 is 0 Å². The van der Waals surface area contributed by atoms with Gasteiger partial charge < -0.3 is 0 Å². The van der Waals surface area contributed by atoms with Crippen molar-refractivity contribution in [1.82, 2.24) is 9.78 Å². The molecule has 6 nitrogen and oxygen atoms in total. The van der Waals surface area contributed by atoms with Crippen LogP contribution in [0, 0.1) is 22.7 Å². The van der Waals surface area contributed by atoms with Crippen LogP contribution in [0.15, 0.2) is 40.0 Å². The van der Waals surface area contributed by atoms with Crippen LogP contribution < -0.4 is 5.43 Å². The molecule has 0 aliphatic heterocycles. The molecule has 1 aromatic heterocycles. The number of nitriles is 2. The van der Waals surface area contributed by atoms with Crippen molar-refractivity contribution in [3.8, 4) is 23.4 Å². The highest BCUT2D eigenvalue weighted by Crippen LogP contribution is 2.29. The first-order valence-corrected chi connectivity index (χ1v) is 6.37. The third kappa shape index (κ3) is 2.85. The van der Waals surface area contributed by atoms with Crippen molar-refractivity contribution in [1.29, 1.82) is 10.5 Å². The van der Waals surface area contributed by atoms with Crippen molar-refractivity contribution in [2.24, 2.45) is 12.1 Å². The molecule has 0 unspecified atom stereocenters. The molecule has 20 heavy (non-hydrogen) atoms. The van der Waals surface area contributed by atoms with Crippen molar-refractivity contribution in [2.45, 2.75) is 0 Å². The zero-order chi connectivity index (χ0) is 14.5. The summed E-state index contributed by atoms with van der Waals surface area (Å²) in [4.78, 5) is 0. The van der Waals surface area contributed by atoms with E-state index in [2.05, 4.69) is 31.6 Å². The van der Waals surface area contributed by atoms with E-state index in [4.69, 9.17) is 10.5 Å². The highest BCUT2D eigenvalue weighted by atomic mass is 79.9. The summed E-state index contributed by atoms with van der Waals surface area (Å²) in [5.74, 6) is 0. The maximum Gasteiger partial charge on any atom is 0.237 e. The molecule has 0 amide bonds. The summed E-state index contributed by atoms with van der Waals surface area (Å²) in [6.07, 6.45) is 1.72. The van der Waals surface area contributed by atoms with E-state index in [1.54, 1.807) is 29.1 Å². The zero-order valence-corrected chi connectivity index (χ0v) is 12.1. The molecule has 0 aliphatic rings. The molecule has 0 aliphatic carbocycles. The first-order valence-electron chi connectivity index (χ1n) is 5.57. The molecule has 0 saturated heterocycles. The average Bonchev–Trinajstić information content (AvgIpc) is 2.79. The molecule has 2 rings (SSSR count). The van der Waals surface area contributed by atoms with Crippen molar-refractivity contribution < 1.29 is 0 Å². The molecule has 98 valence electrons. The SMILES string of the molecule is Cn1ncc(Br)c1-c1cccc(NN=C(C#N)C#N)c1. The van der Waals surface area contributed by atoms with Gasteiger partial charge in [0, 0.05) is 12.6 Å². The molecule has 1 heterocycles. The van der Waals surface area contributed by atoms with Gasteiger partial charge in [-0.15, -0.1) is 0 Å². The Kier molecular flexibility index (Phi) is 4.14. The number of nitrogens with zero attached hydrogens (tertiary/aromatic N) is 5. The number of nitrogens with one attached hydrogen (secondary N) is 1. The van der Waals surface area contributed by atoms with Crippen LogP contribution in [0.3, 0.4) is 0 Å². The Balaban J connectivity index is 2.33. The fraction of sp³-hybridized carbons (Fsp3) is 0.0769. The van der Waals surface area contributed by atoms with E-state index < -0.39 is 0 Å². The summed E-state index contributed by atoms with van der Waals surface area (Å²) in [7, 11) is 1.85. The van der Waals surface area contributed by atoms with Gasteiger partial charge in [-0.2, -0.15) is 20.7 Å². The van der Waals surface area contributed by atoms with Crippen LogP contribution in [0.25, 0.3) is 11.3 Å².